The lowest BCUT2D eigenvalue weighted by Gasteiger charge is -2.67. The lowest BCUT2D eigenvalue weighted by molar-refractivity contribution is -0.209. The molecule has 0 aromatic carbocycles. The molecule has 1 saturated heterocycles. The van der Waals surface area contributed by atoms with Crippen LogP contribution in [0.1, 0.15) is 144 Å². The minimum atomic E-state index is -1.17. The highest BCUT2D eigenvalue weighted by atomic mass is 16.6. The van der Waals surface area contributed by atoms with Crippen LogP contribution in [0.4, 0.5) is 4.79 Å². The molecular formula is C45H63N3O7. The van der Waals surface area contributed by atoms with E-state index >= 15 is 0 Å². The third kappa shape index (κ3) is 5.37. The number of carbonyl (C=O) groups is 4. The lowest BCUT2D eigenvalue weighted by Crippen LogP contribution is -2.62. The first-order valence-corrected chi connectivity index (χ1v) is 21.1. The van der Waals surface area contributed by atoms with E-state index in [2.05, 4.69) is 58.4 Å². The number of aromatic nitrogens is 2. The Hall–Kier alpha value is -3.30. The molecule has 6 aliphatic carbocycles. The van der Waals surface area contributed by atoms with Crippen LogP contribution in [0.25, 0.3) is 0 Å². The van der Waals surface area contributed by atoms with E-state index < -0.39 is 33.9 Å². The number of rotatable bonds is 8. The molecule has 2 heterocycles. The summed E-state index contributed by atoms with van der Waals surface area (Å²) in [6.07, 6.45) is 11.6. The summed E-state index contributed by atoms with van der Waals surface area (Å²) in [6.45, 7) is 21.9. The molecule has 55 heavy (non-hydrogen) atoms. The summed E-state index contributed by atoms with van der Waals surface area (Å²) in [7, 11) is 0. The average molecular weight is 758 g/mol. The number of ether oxygens (including phenoxy) is 2. The zero-order valence-electron chi connectivity index (χ0n) is 34.8. The van der Waals surface area contributed by atoms with Gasteiger partial charge in [0.2, 0.25) is 0 Å². The predicted octanol–water partition coefficient (Wildman–Crippen LogP) is 8.60. The van der Waals surface area contributed by atoms with Crippen LogP contribution in [0.2, 0.25) is 0 Å². The molecule has 0 bridgehead atoms. The summed E-state index contributed by atoms with van der Waals surface area (Å²) in [5.74, 6) is 0.971. The fourth-order valence-corrected chi connectivity index (χ4v) is 13.7. The van der Waals surface area contributed by atoms with Crippen molar-refractivity contribution in [1.29, 1.82) is 0 Å². The van der Waals surface area contributed by atoms with E-state index in [0.717, 1.165) is 62.5 Å². The smallest absolute Gasteiger partial charge is 0.411 e. The molecule has 8 rings (SSSR count). The van der Waals surface area contributed by atoms with E-state index in [1.54, 1.807) is 13.8 Å². The van der Waals surface area contributed by atoms with Crippen LogP contribution < -0.4 is 0 Å². The van der Waals surface area contributed by atoms with Gasteiger partial charge in [0.25, 0.3) is 0 Å². The topological polar surface area (TPSA) is 136 Å². The monoisotopic (exact) mass is 757 g/mol. The first-order chi connectivity index (χ1) is 25.6. The number of nitrogens with zero attached hydrogens (tertiary/aromatic N) is 3. The third-order valence-electron chi connectivity index (χ3n) is 17.1. The number of Topliss-reactive ketones (excluding diaryl/α,β-unsaturated/α-hetero) is 1. The van der Waals surface area contributed by atoms with Gasteiger partial charge in [0.1, 0.15) is 17.2 Å². The molecule has 0 radical (unpaired) electrons. The van der Waals surface area contributed by atoms with E-state index in [9.17, 15) is 24.3 Å². The molecule has 1 N–H and O–H groups in total. The molecule has 7 aliphatic rings. The van der Waals surface area contributed by atoms with Crippen LogP contribution in [0.5, 0.6) is 0 Å². The van der Waals surface area contributed by atoms with E-state index in [0.29, 0.717) is 43.0 Å². The van der Waals surface area contributed by atoms with E-state index in [-0.39, 0.29) is 52.5 Å². The number of hydrogen-bond donors (Lipinski definition) is 1. The van der Waals surface area contributed by atoms with Gasteiger partial charge in [-0.25, -0.2) is 14.8 Å². The second kappa shape index (κ2) is 12.1. The number of esters is 1. The zero-order chi connectivity index (χ0) is 39.9. The Kier molecular flexibility index (Phi) is 8.49. The summed E-state index contributed by atoms with van der Waals surface area (Å²) >= 11 is 0. The minimum absolute atomic E-state index is 0.0441. The molecule has 1 amide bonds. The Morgan fingerprint density at radius 2 is 1.64 bits per heavy atom. The second-order valence-corrected chi connectivity index (χ2v) is 21.2. The van der Waals surface area contributed by atoms with Gasteiger partial charge in [-0.05, 0) is 129 Å². The van der Waals surface area contributed by atoms with Crippen molar-refractivity contribution in [3.05, 3.63) is 34.9 Å². The Morgan fingerprint density at radius 3 is 2.25 bits per heavy atom. The normalized spacial score (nSPS) is 40.0. The maximum Gasteiger partial charge on any atom is 0.411 e. The number of ketones is 1. The number of carboxylic acids is 1. The summed E-state index contributed by atoms with van der Waals surface area (Å²) < 4.78 is 12.7. The molecular weight excluding hydrogens is 695 g/mol. The SMILES string of the molecule is Cc1cnc(C2(N3CC4(CC45CC(=O)C(C(C)C)=C5C4CCC5C(C)(CCC6C(C)(C)C(OC(=O)CC(C)(C)C(=O)O)CCC65C)C4C)OC3=O)CC2)nc1. The number of aliphatic carboxylic acids is 1. The molecule has 300 valence electrons. The van der Waals surface area contributed by atoms with Gasteiger partial charge in [-0.1, -0.05) is 48.5 Å². The van der Waals surface area contributed by atoms with Gasteiger partial charge in [-0.2, -0.15) is 0 Å². The number of carboxylic acid groups (broad SMARTS) is 1. The van der Waals surface area contributed by atoms with Crippen molar-refractivity contribution >= 4 is 23.8 Å². The first kappa shape index (κ1) is 38.6. The highest BCUT2D eigenvalue weighted by molar-refractivity contribution is 6.02. The summed E-state index contributed by atoms with van der Waals surface area (Å²) in [5.41, 5.74) is 0.255. The van der Waals surface area contributed by atoms with E-state index in [1.807, 2.05) is 24.2 Å². The van der Waals surface area contributed by atoms with Crippen molar-refractivity contribution in [2.75, 3.05) is 6.54 Å². The van der Waals surface area contributed by atoms with Gasteiger partial charge in [0.15, 0.2) is 11.6 Å². The quantitative estimate of drug-likeness (QED) is 0.259. The molecule has 1 aromatic heterocycles. The van der Waals surface area contributed by atoms with Gasteiger partial charge in [-0.15, -0.1) is 0 Å². The number of allylic oxidation sites excluding steroid dienone is 1. The Bertz CT molecular complexity index is 1860. The Balaban J connectivity index is 1.05. The van der Waals surface area contributed by atoms with Crippen LogP contribution in [0, 0.1) is 63.6 Å². The number of aryl methyl sites for hydroxylation is 1. The molecule has 10 heteroatoms. The van der Waals surface area contributed by atoms with Crippen molar-refractivity contribution < 1.29 is 33.8 Å². The zero-order valence-corrected chi connectivity index (χ0v) is 34.8. The molecule has 5 saturated carbocycles. The molecule has 1 aliphatic heterocycles. The number of amides is 1. The van der Waals surface area contributed by atoms with E-state index in [4.69, 9.17) is 9.47 Å². The molecule has 9 unspecified atom stereocenters. The van der Waals surface area contributed by atoms with Crippen molar-refractivity contribution in [2.45, 2.75) is 157 Å². The molecule has 10 nitrogen and oxygen atoms in total. The highest BCUT2D eigenvalue weighted by Crippen LogP contribution is 2.77. The highest BCUT2D eigenvalue weighted by Gasteiger charge is 2.81. The summed E-state index contributed by atoms with van der Waals surface area (Å²) in [5, 5.41) is 9.62. The van der Waals surface area contributed by atoms with Gasteiger partial charge < -0.3 is 14.6 Å². The van der Waals surface area contributed by atoms with Crippen molar-refractivity contribution in [3.8, 4) is 0 Å². The summed E-state index contributed by atoms with van der Waals surface area (Å²) in [6, 6.07) is 0. The lowest BCUT2D eigenvalue weighted by atomic mass is 9.38. The van der Waals surface area contributed by atoms with Crippen LogP contribution in [0.15, 0.2) is 23.5 Å². The second-order valence-electron chi connectivity index (χ2n) is 21.2. The number of hydrogen-bond acceptors (Lipinski definition) is 8. The fraction of sp³-hybridized carbons (Fsp3) is 0.778. The molecule has 2 spiro atoms. The van der Waals surface area contributed by atoms with Crippen LogP contribution in [-0.4, -0.2) is 62.0 Å². The van der Waals surface area contributed by atoms with Gasteiger partial charge in [0, 0.05) is 36.1 Å². The molecule has 9 atom stereocenters. The fourth-order valence-electron chi connectivity index (χ4n) is 13.7. The summed E-state index contributed by atoms with van der Waals surface area (Å²) in [4.78, 5) is 64.1. The third-order valence-corrected chi connectivity index (χ3v) is 17.1. The molecule has 6 fully saturated rings. The first-order valence-electron chi connectivity index (χ1n) is 21.1. The van der Waals surface area contributed by atoms with Crippen molar-refractivity contribution in [1.82, 2.24) is 14.9 Å². The predicted molar refractivity (Wildman–Crippen MR) is 205 cm³/mol. The van der Waals surface area contributed by atoms with Crippen LogP contribution in [-0.2, 0) is 29.4 Å². The Morgan fingerprint density at radius 1 is 0.982 bits per heavy atom. The van der Waals surface area contributed by atoms with Crippen molar-refractivity contribution in [3.63, 3.8) is 0 Å². The minimum Gasteiger partial charge on any atom is -0.481 e. The number of fused-ring (bicyclic) bond motifs is 4. The number of carbonyl (C=O) groups excluding carboxylic acids is 3. The maximum atomic E-state index is 14.2. The van der Waals surface area contributed by atoms with E-state index in [1.165, 1.54) is 5.57 Å². The maximum absolute atomic E-state index is 14.2. The molecule has 1 aromatic rings. The average Bonchev–Trinajstić information content (AvgIpc) is 3.93. The Labute approximate surface area is 327 Å². The van der Waals surface area contributed by atoms with Gasteiger partial charge in [0.05, 0.1) is 18.4 Å². The van der Waals surface area contributed by atoms with Crippen LogP contribution >= 0.6 is 0 Å². The van der Waals surface area contributed by atoms with Crippen LogP contribution in [0.3, 0.4) is 0 Å². The van der Waals surface area contributed by atoms with Gasteiger partial charge >= 0.3 is 18.0 Å². The largest absolute Gasteiger partial charge is 0.481 e. The standard InChI is InChI=1S/C45H63N3O7/c1-25(2)34-29(49)19-43(23-45(43)24-48(38(53)55-45)44(17-18-44)36-46-21-26(3)22-47-36)35(34)28-11-12-31-41(9,27(28)4)15-13-30-40(7,8)32(14-16-42(30,31)10)54-33(50)20-39(5,6)37(51)52/h21-22,25,27-28,30-32H,11-20,23-24H2,1-10H3,(H,51,52). The van der Waals surface area contributed by atoms with Gasteiger partial charge in [-0.3, -0.25) is 19.3 Å². The van der Waals surface area contributed by atoms with Crippen molar-refractivity contribution in [2.24, 2.45) is 56.7 Å².